The number of rotatable bonds is 1. The Bertz CT molecular complexity index is 285. The molecule has 0 spiro atoms. The van der Waals surface area contributed by atoms with E-state index >= 15 is 0 Å². The molecule has 0 aromatic heterocycles. The summed E-state index contributed by atoms with van der Waals surface area (Å²) in [5.41, 5.74) is 4.76. The molecule has 14 heavy (non-hydrogen) atoms. The van der Waals surface area contributed by atoms with Gasteiger partial charge in [-0.2, -0.15) is 13.2 Å². The Morgan fingerprint density at radius 3 is 2.57 bits per heavy atom. The molecular weight excluding hydrogens is 199 g/mol. The summed E-state index contributed by atoms with van der Waals surface area (Å²) in [5.74, 6) is -2.23. The van der Waals surface area contributed by atoms with Crippen LogP contribution in [-0.2, 0) is 9.53 Å². The topological polar surface area (TPSA) is 52.3 Å². The lowest BCUT2D eigenvalue weighted by Crippen LogP contribution is -2.45. The van der Waals surface area contributed by atoms with Gasteiger partial charge in [-0.1, -0.05) is 11.6 Å². The molecule has 0 aromatic carbocycles. The van der Waals surface area contributed by atoms with Crippen molar-refractivity contribution in [3.8, 4) is 0 Å². The lowest BCUT2D eigenvalue weighted by atomic mass is 10.1. The Morgan fingerprint density at radius 2 is 2.21 bits per heavy atom. The first-order valence-corrected chi connectivity index (χ1v) is 3.98. The van der Waals surface area contributed by atoms with E-state index in [1.807, 2.05) is 0 Å². The number of halogens is 3. The molecule has 6 heteroatoms. The summed E-state index contributed by atoms with van der Waals surface area (Å²) in [5, 5.41) is 0. The van der Waals surface area contributed by atoms with Crippen LogP contribution < -0.4 is 5.73 Å². The molecule has 2 N–H and O–H groups in total. The van der Waals surface area contributed by atoms with Crippen LogP contribution in [0.1, 0.15) is 19.8 Å². The SMILES string of the molecule is CC1=CCC(N)(OC(=O)C(F)(F)F)C1. The maximum absolute atomic E-state index is 11.8. The largest absolute Gasteiger partial charge is 0.490 e. The summed E-state index contributed by atoms with van der Waals surface area (Å²) < 4.78 is 39.7. The highest BCUT2D eigenvalue weighted by atomic mass is 19.4. The lowest BCUT2D eigenvalue weighted by Gasteiger charge is -2.24. The van der Waals surface area contributed by atoms with Crippen LogP contribution in [0.15, 0.2) is 11.6 Å². The summed E-state index contributed by atoms with van der Waals surface area (Å²) in [4.78, 5) is 10.5. The predicted molar refractivity (Wildman–Crippen MR) is 42.1 cm³/mol. The molecule has 1 rings (SSSR count). The van der Waals surface area contributed by atoms with Gasteiger partial charge in [-0.3, -0.25) is 5.73 Å². The standard InChI is InChI=1S/C8H10F3NO2/c1-5-2-3-7(12,4-5)14-6(13)8(9,10)11/h2H,3-4,12H2,1H3. The van der Waals surface area contributed by atoms with Gasteiger partial charge in [0, 0.05) is 12.8 Å². The molecule has 0 heterocycles. The van der Waals surface area contributed by atoms with Crippen molar-refractivity contribution in [2.45, 2.75) is 31.7 Å². The fraction of sp³-hybridized carbons (Fsp3) is 0.625. The van der Waals surface area contributed by atoms with Gasteiger partial charge in [-0.15, -0.1) is 0 Å². The van der Waals surface area contributed by atoms with Gasteiger partial charge >= 0.3 is 12.1 Å². The predicted octanol–water partition coefficient (Wildman–Crippen LogP) is 1.49. The van der Waals surface area contributed by atoms with Crippen LogP contribution >= 0.6 is 0 Å². The summed E-state index contributed by atoms with van der Waals surface area (Å²) in [6, 6.07) is 0. The third-order valence-electron chi connectivity index (χ3n) is 1.90. The van der Waals surface area contributed by atoms with Crippen molar-refractivity contribution >= 4 is 5.97 Å². The minimum absolute atomic E-state index is 0.126. The number of esters is 1. The van der Waals surface area contributed by atoms with E-state index < -0.39 is 17.9 Å². The Labute approximate surface area is 78.7 Å². The zero-order valence-electron chi connectivity index (χ0n) is 7.52. The Hall–Kier alpha value is -1.04. The Kier molecular flexibility index (Phi) is 2.58. The number of nitrogens with two attached hydrogens (primary N) is 1. The number of hydrogen-bond acceptors (Lipinski definition) is 3. The van der Waals surface area contributed by atoms with E-state index in [2.05, 4.69) is 4.74 Å². The number of alkyl halides is 3. The fourth-order valence-electron chi connectivity index (χ4n) is 1.28. The first-order valence-electron chi connectivity index (χ1n) is 3.98. The van der Waals surface area contributed by atoms with Crippen LogP contribution in [0.3, 0.4) is 0 Å². The van der Waals surface area contributed by atoms with Crippen molar-refractivity contribution in [1.29, 1.82) is 0 Å². The van der Waals surface area contributed by atoms with Gasteiger partial charge in [-0.05, 0) is 6.92 Å². The van der Waals surface area contributed by atoms with Crippen LogP contribution in [0.4, 0.5) is 13.2 Å². The second kappa shape index (κ2) is 3.27. The average molecular weight is 209 g/mol. The molecule has 0 saturated carbocycles. The molecule has 1 atom stereocenters. The monoisotopic (exact) mass is 209 g/mol. The molecule has 0 fully saturated rings. The smallest absolute Gasteiger partial charge is 0.437 e. The van der Waals surface area contributed by atoms with E-state index in [1.54, 1.807) is 13.0 Å². The molecule has 0 saturated heterocycles. The van der Waals surface area contributed by atoms with Crippen molar-refractivity contribution in [2.75, 3.05) is 0 Å². The van der Waals surface area contributed by atoms with Crippen molar-refractivity contribution < 1.29 is 22.7 Å². The molecule has 0 bridgehead atoms. The molecule has 0 aromatic rings. The Balaban J connectivity index is 2.58. The van der Waals surface area contributed by atoms with Gasteiger partial charge in [0.25, 0.3) is 0 Å². The van der Waals surface area contributed by atoms with E-state index in [9.17, 15) is 18.0 Å². The molecule has 1 unspecified atom stereocenters. The van der Waals surface area contributed by atoms with Crippen LogP contribution in [0, 0.1) is 0 Å². The first kappa shape index (κ1) is 11.0. The summed E-state index contributed by atoms with van der Waals surface area (Å²) in [7, 11) is 0. The lowest BCUT2D eigenvalue weighted by molar-refractivity contribution is -0.213. The fourth-order valence-corrected chi connectivity index (χ4v) is 1.28. The van der Waals surface area contributed by atoms with Gasteiger partial charge < -0.3 is 4.74 Å². The minimum atomic E-state index is -4.98. The third kappa shape index (κ3) is 2.47. The molecule has 0 radical (unpaired) electrons. The van der Waals surface area contributed by atoms with Gasteiger partial charge in [0.2, 0.25) is 0 Å². The quantitative estimate of drug-likeness (QED) is 0.404. The van der Waals surface area contributed by atoms with Crippen molar-refractivity contribution in [3.05, 3.63) is 11.6 Å². The van der Waals surface area contributed by atoms with Crippen molar-refractivity contribution in [3.63, 3.8) is 0 Å². The zero-order chi connectivity index (χ0) is 11.0. The molecule has 1 aliphatic rings. The van der Waals surface area contributed by atoms with E-state index in [0.717, 1.165) is 5.57 Å². The Morgan fingerprint density at radius 1 is 1.64 bits per heavy atom. The maximum Gasteiger partial charge on any atom is 0.490 e. The molecule has 0 amide bonds. The molecule has 1 aliphatic carbocycles. The van der Waals surface area contributed by atoms with E-state index in [4.69, 9.17) is 5.73 Å². The van der Waals surface area contributed by atoms with E-state index in [-0.39, 0.29) is 12.8 Å². The number of hydrogen-bond donors (Lipinski definition) is 1. The van der Waals surface area contributed by atoms with Gasteiger partial charge in [0.15, 0.2) is 5.72 Å². The third-order valence-corrected chi connectivity index (χ3v) is 1.90. The van der Waals surface area contributed by atoms with Gasteiger partial charge in [0.1, 0.15) is 0 Å². The zero-order valence-corrected chi connectivity index (χ0v) is 7.52. The minimum Gasteiger partial charge on any atom is -0.437 e. The van der Waals surface area contributed by atoms with Crippen molar-refractivity contribution in [1.82, 2.24) is 0 Å². The van der Waals surface area contributed by atoms with Crippen LogP contribution in [-0.4, -0.2) is 17.9 Å². The molecule has 3 nitrogen and oxygen atoms in total. The molecule has 80 valence electrons. The van der Waals surface area contributed by atoms with Crippen LogP contribution in [0.2, 0.25) is 0 Å². The second-order valence-electron chi connectivity index (χ2n) is 3.38. The first-order chi connectivity index (χ1) is 6.23. The normalized spacial score (nSPS) is 27.4. The van der Waals surface area contributed by atoms with E-state index in [0.29, 0.717) is 0 Å². The molecule has 0 aliphatic heterocycles. The van der Waals surface area contributed by atoms with Gasteiger partial charge in [-0.25, -0.2) is 4.79 Å². The average Bonchev–Trinajstić information content (AvgIpc) is 2.28. The highest BCUT2D eigenvalue weighted by Crippen LogP contribution is 2.30. The van der Waals surface area contributed by atoms with Crippen LogP contribution in [0.25, 0.3) is 0 Å². The number of ether oxygens (including phenoxy) is 1. The number of carbonyl (C=O) groups excluding carboxylic acids is 1. The highest BCUT2D eigenvalue weighted by molar-refractivity contribution is 5.76. The van der Waals surface area contributed by atoms with Crippen LogP contribution in [0.5, 0.6) is 0 Å². The molecular formula is C8H10F3NO2. The van der Waals surface area contributed by atoms with E-state index in [1.165, 1.54) is 0 Å². The second-order valence-corrected chi connectivity index (χ2v) is 3.38. The van der Waals surface area contributed by atoms with Crippen molar-refractivity contribution in [2.24, 2.45) is 5.73 Å². The van der Waals surface area contributed by atoms with Gasteiger partial charge in [0.05, 0.1) is 0 Å². The summed E-state index contributed by atoms with van der Waals surface area (Å²) >= 11 is 0. The summed E-state index contributed by atoms with van der Waals surface area (Å²) in [6.45, 7) is 1.72. The summed E-state index contributed by atoms with van der Waals surface area (Å²) in [6.07, 6.45) is -3.05. The highest BCUT2D eigenvalue weighted by Gasteiger charge is 2.46. The maximum atomic E-state index is 11.8. The number of carbonyl (C=O) groups is 1.